The second-order valence-corrected chi connectivity index (χ2v) is 2.19. The number of allylic oxidation sites excluding steroid dienone is 4. The van der Waals surface area contributed by atoms with Gasteiger partial charge in [-0.25, -0.2) is 11.1 Å². The average Bonchev–Trinajstić information content (AvgIpc) is 1.87. The fraction of sp³-hybridized carbons (Fsp3) is 0.692. The van der Waals surface area contributed by atoms with Crippen molar-refractivity contribution in [2.75, 3.05) is 0 Å². The van der Waals surface area contributed by atoms with Gasteiger partial charge in [-0.15, -0.1) is 13.3 Å². The molecule has 0 aliphatic carbocycles. The first-order valence-corrected chi connectivity index (χ1v) is 3.43. The van der Waals surface area contributed by atoms with Crippen LogP contribution in [0.3, 0.4) is 0 Å². The molecule has 91 valence electrons. The molecule has 14 heavy (non-hydrogen) atoms. The van der Waals surface area contributed by atoms with Gasteiger partial charge in [-0.1, -0.05) is 50.5 Å². The third-order valence-electron chi connectivity index (χ3n) is 1.53. The van der Waals surface area contributed by atoms with Gasteiger partial charge in [0.25, 0.3) is 0 Å². The zero-order chi connectivity index (χ0) is 7.28. The van der Waals surface area contributed by atoms with E-state index in [1.165, 1.54) is 11.1 Å². The van der Waals surface area contributed by atoms with E-state index in [0.717, 1.165) is 6.42 Å². The Bertz CT molecular complexity index is 132. The molecule has 0 heterocycles. The van der Waals surface area contributed by atoms with E-state index in [1.807, 2.05) is 13.0 Å². The van der Waals surface area contributed by atoms with Gasteiger partial charge in [0.1, 0.15) is 0 Å². The third kappa shape index (κ3) is 18.0. The maximum absolute atomic E-state index is 3.15. The summed E-state index contributed by atoms with van der Waals surface area (Å²) in [6, 6.07) is 0. The molecule has 0 spiro atoms. The zero-order valence-corrected chi connectivity index (χ0v) is 9.88. The molecule has 0 unspecified atom stereocenters. The normalized spacial score (nSPS) is 9.14. The largest absolute Gasteiger partial charge is 0.252 e. The summed E-state index contributed by atoms with van der Waals surface area (Å²) in [4.78, 5) is 0. The first kappa shape index (κ1) is 36.8. The molecule has 1 heteroatoms. The summed E-state index contributed by atoms with van der Waals surface area (Å²) in [7, 11) is 0. The fourth-order valence-corrected chi connectivity index (χ4v) is 0.605. The van der Waals surface area contributed by atoms with Crippen molar-refractivity contribution in [1.82, 2.24) is 0 Å². The van der Waals surface area contributed by atoms with Crippen molar-refractivity contribution in [3.05, 3.63) is 23.3 Å². The molecule has 0 nitrogen and oxygen atoms in total. The van der Waals surface area contributed by atoms with E-state index in [1.54, 1.807) is 0 Å². The summed E-state index contributed by atoms with van der Waals surface area (Å²) >= 11 is 0. The number of hydrogen-bond acceptors (Lipinski definition) is 0. The standard InChI is InChI=1S/C9H15.4CH4.Re/c1-5-7-9(4)8(3)6-2;;;;;/h5H,6H2,1-4H3;4*1H4;/q-1;;;;;/b9-8-;;;;;. The van der Waals surface area contributed by atoms with Gasteiger partial charge in [-0.05, 0) is 0 Å². The Balaban J connectivity index is -0.0000000320. The van der Waals surface area contributed by atoms with Crippen molar-refractivity contribution in [2.45, 2.75) is 63.8 Å². The fourth-order valence-electron chi connectivity index (χ4n) is 0.605. The molecule has 1 radical (unpaired) electrons. The molecule has 0 aromatic heterocycles. The van der Waals surface area contributed by atoms with E-state index in [9.17, 15) is 0 Å². The zero-order valence-electron chi connectivity index (χ0n) is 7.16. The van der Waals surface area contributed by atoms with E-state index >= 15 is 0 Å². The van der Waals surface area contributed by atoms with Crippen molar-refractivity contribution in [2.24, 2.45) is 0 Å². The second-order valence-electron chi connectivity index (χ2n) is 2.19. The molecule has 0 amide bonds. The molecule has 0 atom stereocenters. The quantitative estimate of drug-likeness (QED) is 0.433. The van der Waals surface area contributed by atoms with Crippen molar-refractivity contribution >= 4 is 0 Å². The van der Waals surface area contributed by atoms with Crippen molar-refractivity contribution in [3.8, 4) is 0 Å². The maximum atomic E-state index is 3.15. The van der Waals surface area contributed by atoms with Gasteiger partial charge >= 0.3 is 0 Å². The van der Waals surface area contributed by atoms with E-state index in [0.29, 0.717) is 0 Å². The number of hydrogen-bond donors (Lipinski definition) is 0. The van der Waals surface area contributed by atoms with Gasteiger partial charge in [0, 0.05) is 20.4 Å². The second kappa shape index (κ2) is 23.2. The summed E-state index contributed by atoms with van der Waals surface area (Å²) < 4.78 is 0. The summed E-state index contributed by atoms with van der Waals surface area (Å²) in [5.41, 5.74) is 2.70. The summed E-state index contributed by atoms with van der Waals surface area (Å²) in [6.45, 7) is 8.40. The van der Waals surface area contributed by atoms with Crippen molar-refractivity contribution < 1.29 is 20.4 Å². The van der Waals surface area contributed by atoms with E-state index in [2.05, 4.69) is 26.8 Å². The molecular formula is C13H31Re-. The smallest absolute Gasteiger partial charge is 0 e. The molecule has 0 aromatic carbocycles. The van der Waals surface area contributed by atoms with Crippen LogP contribution >= 0.6 is 0 Å². The van der Waals surface area contributed by atoms with Gasteiger partial charge in [0.2, 0.25) is 0 Å². The van der Waals surface area contributed by atoms with Crippen molar-refractivity contribution in [1.29, 1.82) is 0 Å². The molecule has 0 rings (SSSR count). The molecule has 0 fully saturated rings. The SMILES string of the molecule is C.C.C.C.CC=[C-]/C(C)=C(/C)CC.[Re]. The minimum Gasteiger partial charge on any atom is -0.252 e. The van der Waals surface area contributed by atoms with Crippen LogP contribution in [0.25, 0.3) is 0 Å². The molecular weight excluding hydrogens is 342 g/mol. The maximum Gasteiger partial charge on any atom is 0 e. The Hall–Kier alpha value is 0.142. The Morgan fingerprint density at radius 1 is 1.07 bits per heavy atom. The minimum atomic E-state index is 0. The molecule has 0 N–H and O–H groups in total. The predicted octanol–water partition coefficient (Wildman–Crippen LogP) is 5.65. The van der Waals surface area contributed by atoms with E-state index < -0.39 is 0 Å². The van der Waals surface area contributed by atoms with Crippen LogP contribution in [-0.4, -0.2) is 0 Å². The van der Waals surface area contributed by atoms with Crippen LogP contribution in [0.15, 0.2) is 17.2 Å². The van der Waals surface area contributed by atoms with Crippen LogP contribution in [0.1, 0.15) is 63.8 Å². The monoisotopic (exact) mass is 374 g/mol. The first-order chi connectivity index (χ1) is 4.22. The molecule has 0 aliphatic rings. The van der Waals surface area contributed by atoms with Gasteiger partial charge in [0.15, 0.2) is 0 Å². The minimum absolute atomic E-state index is 0. The summed E-state index contributed by atoms with van der Waals surface area (Å²) in [5, 5.41) is 0. The first-order valence-electron chi connectivity index (χ1n) is 3.43. The molecule has 0 saturated heterocycles. The van der Waals surface area contributed by atoms with Gasteiger partial charge < -0.3 is 0 Å². The van der Waals surface area contributed by atoms with Crippen molar-refractivity contribution in [3.63, 3.8) is 0 Å². The van der Waals surface area contributed by atoms with Crippen LogP contribution in [-0.2, 0) is 20.4 Å². The Morgan fingerprint density at radius 2 is 1.43 bits per heavy atom. The van der Waals surface area contributed by atoms with Crippen LogP contribution in [0.4, 0.5) is 0 Å². The predicted molar refractivity (Wildman–Crippen MR) is 69.1 cm³/mol. The average molecular weight is 374 g/mol. The Morgan fingerprint density at radius 3 is 1.64 bits per heavy atom. The Kier molecular flexibility index (Phi) is 61.0. The van der Waals surface area contributed by atoms with Crippen LogP contribution in [0.2, 0.25) is 0 Å². The molecule has 0 bridgehead atoms. The third-order valence-corrected chi connectivity index (χ3v) is 1.53. The molecule has 0 aromatic rings. The van der Waals surface area contributed by atoms with E-state index in [-0.39, 0.29) is 50.1 Å². The van der Waals surface area contributed by atoms with Gasteiger partial charge in [0.05, 0.1) is 0 Å². The van der Waals surface area contributed by atoms with Gasteiger partial charge in [-0.3, -0.25) is 6.08 Å². The van der Waals surface area contributed by atoms with Crippen LogP contribution < -0.4 is 0 Å². The number of rotatable bonds is 2. The molecule has 0 saturated carbocycles. The van der Waals surface area contributed by atoms with Crippen LogP contribution in [0, 0.1) is 6.08 Å². The van der Waals surface area contributed by atoms with Crippen LogP contribution in [0.5, 0.6) is 0 Å². The Labute approximate surface area is 108 Å². The summed E-state index contributed by atoms with van der Waals surface area (Å²) in [5.74, 6) is 0. The van der Waals surface area contributed by atoms with Gasteiger partial charge in [-0.2, -0.15) is 6.08 Å². The topological polar surface area (TPSA) is 0 Å². The van der Waals surface area contributed by atoms with E-state index in [4.69, 9.17) is 0 Å². The molecule has 0 aliphatic heterocycles. The summed E-state index contributed by atoms with van der Waals surface area (Å²) in [6.07, 6.45) is 6.24.